The average Bonchev–Trinajstić information content (AvgIpc) is 2.42. The lowest BCUT2D eigenvalue weighted by Crippen LogP contribution is -2.50. The predicted octanol–water partition coefficient (Wildman–Crippen LogP) is 3.09. The van der Waals surface area contributed by atoms with E-state index in [1.165, 1.54) is 24.0 Å². The van der Waals surface area contributed by atoms with E-state index < -0.39 is 0 Å². The standard InChI is InChI=1S/C16H26N2O/c1-12-7-9-16(19-3,10-8-12)15(18-17)14-6-4-5-13(2)11-14/h4-6,11-12,15,18H,7-10,17H2,1-3H3. The molecular weight excluding hydrogens is 236 g/mol. The smallest absolute Gasteiger partial charge is 0.0885 e. The topological polar surface area (TPSA) is 47.3 Å². The molecule has 0 aliphatic heterocycles. The van der Waals surface area contributed by atoms with E-state index in [4.69, 9.17) is 10.6 Å². The lowest BCUT2D eigenvalue weighted by Gasteiger charge is -2.44. The zero-order valence-electron chi connectivity index (χ0n) is 12.3. The number of nitrogens with one attached hydrogen (secondary N) is 1. The third kappa shape index (κ3) is 2.99. The summed E-state index contributed by atoms with van der Waals surface area (Å²) >= 11 is 0. The van der Waals surface area contributed by atoms with Crippen LogP contribution in [0.5, 0.6) is 0 Å². The molecule has 1 aromatic rings. The van der Waals surface area contributed by atoms with Gasteiger partial charge in [-0.05, 0) is 44.1 Å². The minimum absolute atomic E-state index is 0.0601. The number of hydrazine groups is 1. The van der Waals surface area contributed by atoms with Gasteiger partial charge >= 0.3 is 0 Å². The largest absolute Gasteiger partial charge is 0.376 e. The Morgan fingerprint density at radius 2 is 2.05 bits per heavy atom. The van der Waals surface area contributed by atoms with E-state index in [1.807, 2.05) is 7.11 Å². The van der Waals surface area contributed by atoms with E-state index in [0.717, 1.165) is 18.8 Å². The Labute approximate surface area is 116 Å². The number of nitrogens with two attached hydrogens (primary N) is 1. The fourth-order valence-electron chi connectivity index (χ4n) is 3.26. The van der Waals surface area contributed by atoms with Crippen molar-refractivity contribution in [1.29, 1.82) is 0 Å². The summed E-state index contributed by atoms with van der Waals surface area (Å²) < 4.78 is 5.93. The van der Waals surface area contributed by atoms with E-state index >= 15 is 0 Å². The van der Waals surface area contributed by atoms with Gasteiger partial charge in [-0.25, -0.2) is 0 Å². The first kappa shape index (κ1) is 14.5. The zero-order chi connectivity index (χ0) is 13.9. The molecular formula is C16H26N2O. The number of ether oxygens (including phenoxy) is 1. The number of aryl methyl sites for hydroxylation is 1. The molecule has 19 heavy (non-hydrogen) atoms. The molecule has 1 aliphatic rings. The molecule has 1 unspecified atom stereocenters. The molecule has 0 bridgehead atoms. The Morgan fingerprint density at radius 1 is 1.37 bits per heavy atom. The van der Waals surface area contributed by atoms with Crippen LogP contribution in [0, 0.1) is 12.8 Å². The van der Waals surface area contributed by atoms with Gasteiger partial charge in [-0.3, -0.25) is 11.3 Å². The van der Waals surface area contributed by atoms with Gasteiger partial charge in [0.2, 0.25) is 0 Å². The van der Waals surface area contributed by atoms with Gasteiger partial charge < -0.3 is 4.74 Å². The summed E-state index contributed by atoms with van der Waals surface area (Å²) in [5, 5.41) is 0. The molecule has 106 valence electrons. The molecule has 3 heteroatoms. The molecule has 1 aliphatic carbocycles. The SMILES string of the molecule is COC1(C(NN)c2cccc(C)c2)CCC(C)CC1. The molecule has 1 aromatic carbocycles. The summed E-state index contributed by atoms with van der Waals surface area (Å²) in [4.78, 5) is 0. The van der Waals surface area contributed by atoms with Gasteiger partial charge in [0.05, 0.1) is 11.6 Å². The highest BCUT2D eigenvalue weighted by atomic mass is 16.5. The van der Waals surface area contributed by atoms with Crippen LogP contribution in [0.4, 0.5) is 0 Å². The highest BCUT2D eigenvalue weighted by Gasteiger charge is 2.41. The lowest BCUT2D eigenvalue weighted by atomic mass is 9.73. The van der Waals surface area contributed by atoms with Crippen LogP contribution in [-0.4, -0.2) is 12.7 Å². The van der Waals surface area contributed by atoms with E-state index in [0.29, 0.717) is 0 Å². The van der Waals surface area contributed by atoms with Crippen molar-refractivity contribution < 1.29 is 4.74 Å². The van der Waals surface area contributed by atoms with Gasteiger partial charge in [0, 0.05) is 7.11 Å². The quantitative estimate of drug-likeness (QED) is 0.647. The molecule has 2 rings (SSSR count). The molecule has 1 saturated carbocycles. The zero-order valence-corrected chi connectivity index (χ0v) is 12.3. The number of hydrogen-bond donors (Lipinski definition) is 2. The second kappa shape index (κ2) is 6.04. The number of hydrogen-bond acceptors (Lipinski definition) is 3. The third-order valence-corrected chi connectivity index (χ3v) is 4.60. The average molecular weight is 262 g/mol. The fourth-order valence-corrected chi connectivity index (χ4v) is 3.26. The van der Waals surface area contributed by atoms with Crippen molar-refractivity contribution in [3.8, 4) is 0 Å². The molecule has 0 spiro atoms. The van der Waals surface area contributed by atoms with Crippen LogP contribution in [0.1, 0.15) is 49.8 Å². The van der Waals surface area contributed by atoms with Crippen molar-refractivity contribution >= 4 is 0 Å². The van der Waals surface area contributed by atoms with Crippen molar-refractivity contribution in [2.24, 2.45) is 11.8 Å². The van der Waals surface area contributed by atoms with E-state index in [2.05, 4.69) is 43.5 Å². The van der Waals surface area contributed by atoms with Gasteiger partial charge in [0.15, 0.2) is 0 Å². The lowest BCUT2D eigenvalue weighted by molar-refractivity contribution is -0.0761. The highest BCUT2D eigenvalue weighted by molar-refractivity contribution is 5.27. The van der Waals surface area contributed by atoms with Gasteiger partial charge in [0.1, 0.15) is 0 Å². The molecule has 0 heterocycles. The van der Waals surface area contributed by atoms with Crippen LogP contribution in [0.15, 0.2) is 24.3 Å². The number of rotatable bonds is 4. The maximum atomic E-state index is 5.93. The van der Waals surface area contributed by atoms with E-state index in [1.54, 1.807) is 0 Å². The van der Waals surface area contributed by atoms with Crippen molar-refractivity contribution in [2.45, 2.75) is 51.2 Å². The molecule has 0 saturated heterocycles. The molecule has 1 fully saturated rings. The summed E-state index contributed by atoms with van der Waals surface area (Å²) in [6.45, 7) is 4.43. The first-order valence-electron chi connectivity index (χ1n) is 7.19. The minimum Gasteiger partial charge on any atom is -0.376 e. The fraction of sp³-hybridized carbons (Fsp3) is 0.625. The number of benzene rings is 1. The van der Waals surface area contributed by atoms with Gasteiger partial charge in [-0.1, -0.05) is 36.8 Å². The van der Waals surface area contributed by atoms with Gasteiger partial charge in [-0.2, -0.15) is 0 Å². The van der Waals surface area contributed by atoms with Gasteiger partial charge in [-0.15, -0.1) is 0 Å². The van der Waals surface area contributed by atoms with Crippen LogP contribution >= 0.6 is 0 Å². The second-order valence-electron chi connectivity index (χ2n) is 5.97. The Morgan fingerprint density at radius 3 is 2.58 bits per heavy atom. The van der Waals surface area contributed by atoms with Crippen LogP contribution in [0.25, 0.3) is 0 Å². The summed E-state index contributed by atoms with van der Waals surface area (Å²) in [6, 6.07) is 8.59. The molecule has 1 atom stereocenters. The van der Waals surface area contributed by atoms with E-state index in [-0.39, 0.29) is 11.6 Å². The van der Waals surface area contributed by atoms with Crippen LogP contribution in [-0.2, 0) is 4.74 Å². The second-order valence-corrected chi connectivity index (χ2v) is 5.97. The van der Waals surface area contributed by atoms with Crippen LogP contribution in [0.2, 0.25) is 0 Å². The molecule has 3 N–H and O–H groups in total. The van der Waals surface area contributed by atoms with Crippen LogP contribution < -0.4 is 11.3 Å². The van der Waals surface area contributed by atoms with Crippen molar-refractivity contribution in [1.82, 2.24) is 5.43 Å². The highest BCUT2D eigenvalue weighted by Crippen LogP contribution is 2.42. The maximum absolute atomic E-state index is 5.93. The minimum atomic E-state index is -0.172. The van der Waals surface area contributed by atoms with E-state index in [9.17, 15) is 0 Å². The molecule has 3 nitrogen and oxygen atoms in total. The number of methoxy groups -OCH3 is 1. The van der Waals surface area contributed by atoms with Crippen molar-refractivity contribution in [2.75, 3.05) is 7.11 Å². The summed E-state index contributed by atoms with van der Waals surface area (Å²) in [5.74, 6) is 6.64. The van der Waals surface area contributed by atoms with Crippen molar-refractivity contribution in [3.05, 3.63) is 35.4 Å². The summed E-state index contributed by atoms with van der Waals surface area (Å²) in [7, 11) is 1.82. The Bertz CT molecular complexity index is 411. The Balaban J connectivity index is 2.28. The predicted molar refractivity (Wildman–Crippen MR) is 78.6 cm³/mol. The maximum Gasteiger partial charge on any atom is 0.0885 e. The molecule has 0 radical (unpaired) electrons. The molecule has 0 aromatic heterocycles. The third-order valence-electron chi connectivity index (χ3n) is 4.60. The molecule has 0 amide bonds. The van der Waals surface area contributed by atoms with Crippen LogP contribution in [0.3, 0.4) is 0 Å². The summed E-state index contributed by atoms with van der Waals surface area (Å²) in [5.41, 5.74) is 5.30. The monoisotopic (exact) mass is 262 g/mol. The first-order valence-corrected chi connectivity index (χ1v) is 7.19. The normalized spacial score (nSPS) is 29.2. The van der Waals surface area contributed by atoms with Gasteiger partial charge in [0.25, 0.3) is 0 Å². The first-order chi connectivity index (χ1) is 9.11. The summed E-state index contributed by atoms with van der Waals surface area (Å²) in [6.07, 6.45) is 4.54. The Hall–Kier alpha value is -0.900. The Kier molecular flexibility index (Phi) is 4.61. The van der Waals surface area contributed by atoms with Crippen molar-refractivity contribution in [3.63, 3.8) is 0 Å².